The molecule has 1 unspecified atom stereocenters. The Morgan fingerprint density at radius 1 is 1.18 bits per heavy atom. The van der Waals surface area contributed by atoms with Crippen LogP contribution in [0.5, 0.6) is 0 Å². The summed E-state index contributed by atoms with van der Waals surface area (Å²) in [4.78, 5) is 52.2. The van der Waals surface area contributed by atoms with Gasteiger partial charge in [-0.2, -0.15) is 0 Å². The van der Waals surface area contributed by atoms with Gasteiger partial charge in [-0.1, -0.05) is 13.2 Å². The molecule has 0 aromatic rings. The number of rotatable bonds is 10. The first-order chi connectivity index (χ1) is 13.0. The van der Waals surface area contributed by atoms with Gasteiger partial charge in [0.05, 0.1) is 6.54 Å². The van der Waals surface area contributed by atoms with Crippen molar-refractivity contribution in [2.45, 2.75) is 20.0 Å². The smallest absolute Gasteiger partial charge is 0.333 e. The van der Waals surface area contributed by atoms with Crippen molar-refractivity contribution in [1.82, 2.24) is 20.0 Å². The Morgan fingerprint density at radius 2 is 1.82 bits per heavy atom. The Hall–Kier alpha value is -2.68. The summed E-state index contributed by atoms with van der Waals surface area (Å²) >= 11 is 0. The summed E-state index contributed by atoms with van der Waals surface area (Å²) in [5.74, 6) is -1.96. The Balaban J connectivity index is 2.68. The number of nitrogens with zero attached hydrogens (tertiary/aromatic N) is 3. The number of likely N-dealkylation sites (N-methyl/N-ethyl adjacent to an activating group) is 2. The topological polar surface area (TPSA) is 99.3 Å². The molecule has 28 heavy (non-hydrogen) atoms. The molecule has 0 saturated carbocycles. The molecule has 1 aliphatic rings. The van der Waals surface area contributed by atoms with Crippen LogP contribution in [0.4, 0.5) is 0 Å². The number of ether oxygens (including phenoxy) is 1. The monoisotopic (exact) mass is 394 g/mol. The molecule has 0 aliphatic carbocycles. The fourth-order valence-corrected chi connectivity index (χ4v) is 2.53. The third-order valence-corrected chi connectivity index (χ3v) is 4.25. The van der Waals surface area contributed by atoms with Crippen molar-refractivity contribution in [3.63, 3.8) is 0 Å². The van der Waals surface area contributed by atoms with Crippen LogP contribution in [-0.2, 0) is 23.9 Å². The molecule has 0 aromatic carbocycles. The van der Waals surface area contributed by atoms with E-state index in [1.165, 1.54) is 9.80 Å². The van der Waals surface area contributed by atoms with Crippen LogP contribution in [0.1, 0.15) is 13.8 Å². The number of amides is 3. The average Bonchev–Trinajstić information content (AvgIpc) is 2.61. The van der Waals surface area contributed by atoms with Crippen LogP contribution < -0.4 is 5.32 Å². The zero-order valence-electron chi connectivity index (χ0n) is 17.1. The summed E-state index contributed by atoms with van der Waals surface area (Å²) < 4.78 is 5.46. The summed E-state index contributed by atoms with van der Waals surface area (Å²) in [5.41, 5.74) is 0.677. The highest BCUT2D eigenvalue weighted by atomic mass is 16.5. The quantitative estimate of drug-likeness (QED) is 0.302. The highest BCUT2D eigenvalue weighted by Gasteiger charge is 2.32. The SMILES string of the molecule is C=C(C)C(=O)NCCN(C)CC(CN1CCN(C)C(=O)C1=O)OC(=O)C(=C)C. The van der Waals surface area contributed by atoms with Crippen LogP contribution in [0.15, 0.2) is 24.3 Å². The molecule has 1 fully saturated rings. The van der Waals surface area contributed by atoms with Crippen LogP contribution in [0.25, 0.3) is 0 Å². The molecule has 9 nitrogen and oxygen atoms in total. The van der Waals surface area contributed by atoms with E-state index in [1.54, 1.807) is 20.9 Å². The average molecular weight is 394 g/mol. The first-order valence-electron chi connectivity index (χ1n) is 9.06. The third kappa shape index (κ3) is 7.15. The Labute approximate surface area is 166 Å². The Bertz CT molecular complexity index is 661. The second kappa shape index (κ2) is 10.6. The fourth-order valence-electron chi connectivity index (χ4n) is 2.53. The van der Waals surface area contributed by atoms with Crippen LogP contribution in [0.2, 0.25) is 0 Å². The summed E-state index contributed by atoms with van der Waals surface area (Å²) in [6.45, 7) is 12.5. The van der Waals surface area contributed by atoms with Gasteiger partial charge in [-0.25, -0.2) is 4.79 Å². The molecule has 3 amide bonds. The number of hydrogen-bond donors (Lipinski definition) is 1. The minimum Gasteiger partial charge on any atom is -0.456 e. The minimum absolute atomic E-state index is 0.111. The van der Waals surface area contributed by atoms with E-state index in [-0.39, 0.29) is 18.0 Å². The van der Waals surface area contributed by atoms with Crippen molar-refractivity contribution in [3.05, 3.63) is 24.3 Å². The van der Waals surface area contributed by atoms with Gasteiger partial charge in [-0.05, 0) is 20.9 Å². The zero-order chi connectivity index (χ0) is 21.4. The van der Waals surface area contributed by atoms with Gasteiger partial charge in [-0.3, -0.25) is 14.4 Å². The standard InChI is InChI=1S/C19H30N4O5/c1-13(2)16(24)20-7-8-21(5)11-15(28-19(27)14(3)4)12-23-10-9-22(6)17(25)18(23)26/h15H,1,3,7-12H2,2,4-6H3,(H,20,24). The molecule has 1 N–H and O–H groups in total. The Kier molecular flexibility index (Phi) is 8.84. The van der Waals surface area contributed by atoms with Gasteiger partial charge in [-0.15, -0.1) is 0 Å². The van der Waals surface area contributed by atoms with Crippen LogP contribution >= 0.6 is 0 Å². The minimum atomic E-state index is -0.633. The number of carbonyl (C=O) groups excluding carboxylic acids is 4. The maximum atomic E-state index is 12.2. The van der Waals surface area contributed by atoms with Gasteiger partial charge in [0, 0.05) is 50.9 Å². The molecular weight excluding hydrogens is 364 g/mol. The second-order valence-electron chi connectivity index (χ2n) is 7.08. The van der Waals surface area contributed by atoms with Gasteiger partial charge in [0.25, 0.3) is 0 Å². The van der Waals surface area contributed by atoms with E-state index in [0.29, 0.717) is 38.3 Å². The first kappa shape index (κ1) is 23.4. The molecular formula is C19H30N4O5. The first-order valence-corrected chi connectivity index (χ1v) is 9.06. The van der Waals surface area contributed by atoms with Crippen LogP contribution in [0, 0.1) is 0 Å². The number of hydrogen-bond acceptors (Lipinski definition) is 6. The molecule has 156 valence electrons. The van der Waals surface area contributed by atoms with E-state index in [9.17, 15) is 19.2 Å². The highest BCUT2D eigenvalue weighted by Crippen LogP contribution is 2.08. The van der Waals surface area contributed by atoms with Crippen molar-refractivity contribution >= 4 is 23.7 Å². The third-order valence-electron chi connectivity index (χ3n) is 4.25. The second-order valence-corrected chi connectivity index (χ2v) is 7.08. The van der Waals surface area contributed by atoms with E-state index in [0.717, 1.165) is 0 Å². The van der Waals surface area contributed by atoms with Gasteiger partial charge < -0.3 is 24.8 Å². The van der Waals surface area contributed by atoms with Crippen LogP contribution in [-0.4, -0.2) is 97.9 Å². The fraction of sp³-hybridized carbons (Fsp3) is 0.579. The predicted molar refractivity (Wildman–Crippen MR) is 104 cm³/mol. The molecule has 0 spiro atoms. The predicted octanol–water partition coefficient (Wildman–Crippen LogP) is -0.601. The largest absolute Gasteiger partial charge is 0.456 e. The highest BCUT2D eigenvalue weighted by molar-refractivity contribution is 6.35. The van der Waals surface area contributed by atoms with Crippen molar-refractivity contribution in [1.29, 1.82) is 0 Å². The molecule has 0 aromatic heterocycles. The van der Waals surface area contributed by atoms with E-state index in [1.807, 2.05) is 11.9 Å². The molecule has 1 rings (SSSR count). The zero-order valence-corrected chi connectivity index (χ0v) is 17.1. The van der Waals surface area contributed by atoms with Gasteiger partial charge >= 0.3 is 17.8 Å². The summed E-state index contributed by atoms with van der Waals surface area (Å²) in [6, 6.07) is 0. The lowest BCUT2D eigenvalue weighted by Gasteiger charge is -2.34. The number of esters is 1. The lowest BCUT2D eigenvalue weighted by molar-refractivity contribution is -0.158. The molecule has 1 aliphatic heterocycles. The summed E-state index contributed by atoms with van der Waals surface area (Å²) in [5, 5.41) is 2.73. The number of carbonyl (C=O) groups is 4. The summed E-state index contributed by atoms with van der Waals surface area (Å²) in [6.07, 6.45) is -0.633. The van der Waals surface area contributed by atoms with Crippen molar-refractivity contribution in [2.75, 3.05) is 53.4 Å². The van der Waals surface area contributed by atoms with Crippen molar-refractivity contribution < 1.29 is 23.9 Å². The Morgan fingerprint density at radius 3 is 2.39 bits per heavy atom. The number of piperazine rings is 1. The lowest BCUT2D eigenvalue weighted by Crippen LogP contribution is -2.55. The van der Waals surface area contributed by atoms with E-state index < -0.39 is 23.9 Å². The molecule has 0 bridgehead atoms. The molecule has 1 atom stereocenters. The molecule has 9 heteroatoms. The maximum Gasteiger partial charge on any atom is 0.333 e. The van der Waals surface area contributed by atoms with Crippen molar-refractivity contribution in [3.8, 4) is 0 Å². The normalized spacial score (nSPS) is 15.5. The molecule has 1 saturated heterocycles. The number of nitrogens with one attached hydrogen (secondary N) is 1. The van der Waals surface area contributed by atoms with Gasteiger partial charge in [0.15, 0.2) is 0 Å². The van der Waals surface area contributed by atoms with Gasteiger partial charge in [0.1, 0.15) is 6.10 Å². The van der Waals surface area contributed by atoms with Crippen LogP contribution in [0.3, 0.4) is 0 Å². The maximum absolute atomic E-state index is 12.2. The van der Waals surface area contributed by atoms with E-state index >= 15 is 0 Å². The summed E-state index contributed by atoms with van der Waals surface area (Å²) in [7, 11) is 3.38. The van der Waals surface area contributed by atoms with E-state index in [2.05, 4.69) is 18.5 Å². The van der Waals surface area contributed by atoms with E-state index in [4.69, 9.17) is 4.74 Å². The molecule has 1 heterocycles. The molecule has 0 radical (unpaired) electrons. The van der Waals surface area contributed by atoms with Gasteiger partial charge in [0.2, 0.25) is 5.91 Å². The van der Waals surface area contributed by atoms with Crippen molar-refractivity contribution in [2.24, 2.45) is 0 Å². The lowest BCUT2D eigenvalue weighted by atomic mass is 10.2.